The maximum Gasteiger partial charge on any atom is 0.170 e. The van der Waals surface area contributed by atoms with Gasteiger partial charge in [-0.2, -0.15) is 0 Å². The van der Waals surface area contributed by atoms with Crippen LogP contribution < -0.4 is 4.74 Å². The summed E-state index contributed by atoms with van der Waals surface area (Å²) in [6.45, 7) is 0. The van der Waals surface area contributed by atoms with E-state index in [9.17, 15) is 15.0 Å². The molecule has 0 amide bonds. The fourth-order valence-electron chi connectivity index (χ4n) is 1.82. The summed E-state index contributed by atoms with van der Waals surface area (Å²) in [6, 6.07) is 11.1. The molecule has 2 rings (SSSR count). The Morgan fingerprint density at radius 2 is 1.95 bits per heavy atom. The van der Waals surface area contributed by atoms with Crippen molar-refractivity contribution in [2.45, 2.75) is 6.42 Å². The van der Waals surface area contributed by atoms with Crippen LogP contribution >= 0.6 is 0 Å². The molecule has 19 heavy (non-hydrogen) atoms. The molecule has 0 saturated heterocycles. The topological polar surface area (TPSA) is 66.8 Å². The minimum Gasteiger partial charge on any atom is -0.508 e. The van der Waals surface area contributed by atoms with Gasteiger partial charge in [0.25, 0.3) is 0 Å². The molecular formula is C15H14O4. The Balaban J connectivity index is 2.20. The number of methoxy groups -OCH3 is 1. The van der Waals surface area contributed by atoms with Crippen molar-refractivity contribution in [3.63, 3.8) is 0 Å². The molecular weight excluding hydrogens is 244 g/mol. The predicted molar refractivity (Wildman–Crippen MR) is 70.8 cm³/mol. The largest absolute Gasteiger partial charge is 0.508 e. The fourth-order valence-corrected chi connectivity index (χ4v) is 1.82. The minimum absolute atomic E-state index is 0.0737. The average molecular weight is 258 g/mol. The van der Waals surface area contributed by atoms with Crippen molar-refractivity contribution in [1.29, 1.82) is 0 Å². The molecule has 0 atom stereocenters. The lowest BCUT2D eigenvalue weighted by Crippen LogP contribution is -2.04. The normalized spacial score (nSPS) is 10.2. The number of carbonyl (C=O) groups is 1. The molecule has 0 heterocycles. The molecule has 2 N–H and O–H groups in total. The summed E-state index contributed by atoms with van der Waals surface area (Å²) in [5.74, 6) is 0.175. The molecule has 4 nitrogen and oxygen atoms in total. The summed E-state index contributed by atoms with van der Waals surface area (Å²) in [4.78, 5) is 12.1. The van der Waals surface area contributed by atoms with Crippen LogP contribution in [0.5, 0.6) is 17.2 Å². The van der Waals surface area contributed by atoms with Gasteiger partial charge in [0.05, 0.1) is 12.7 Å². The van der Waals surface area contributed by atoms with E-state index >= 15 is 0 Å². The van der Waals surface area contributed by atoms with E-state index in [-0.39, 0.29) is 29.3 Å². The van der Waals surface area contributed by atoms with Gasteiger partial charge in [0.15, 0.2) is 5.78 Å². The van der Waals surface area contributed by atoms with Gasteiger partial charge in [-0.15, -0.1) is 0 Å². The van der Waals surface area contributed by atoms with Gasteiger partial charge in [-0.1, -0.05) is 12.1 Å². The standard InChI is InChI=1S/C15H14O4/c1-19-12-4-2-3-10(7-12)8-14(17)13-6-5-11(16)9-15(13)18/h2-7,9,16,18H,8H2,1H3. The summed E-state index contributed by atoms with van der Waals surface area (Å²) < 4.78 is 5.09. The van der Waals surface area contributed by atoms with Crippen LogP contribution in [0.15, 0.2) is 42.5 Å². The van der Waals surface area contributed by atoms with E-state index in [1.54, 1.807) is 25.3 Å². The van der Waals surface area contributed by atoms with E-state index in [1.807, 2.05) is 6.07 Å². The van der Waals surface area contributed by atoms with E-state index in [1.165, 1.54) is 12.1 Å². The van der Waals surface area contributed by atoms with Crippen LogP contribution in [-0.4, -0.2) is 23.1 Å². The van der Waals surface area contributed by atoms with Gasteiger partial charge in [0.2, 0.25) is 0 Å². The Hall–Kier alpha value is -2.49. The fraction of sp³-hybridized carbons (Fsp3) is 0.133. The first kappa shape index (κ1) is 13.0. The third-order valence-corrected chi connectivity index (χ3v) is 2.78. The number of hydrogen-bond acceptors (Lipinski definition) is 4. The number of phenols is 2. The molecule has 0 radical (unpaired) electrons. The van der Waals surface area contributed by atoms with Gasteiger partial charge in [0, 0.05) is 12.5 Å². The zero-order chi connectivity index (χ0) is 13.8. The molecule has 0 fully saturated rings. The van der Waals surface area contributed by atoms with E-state index in [4.69, 9.17) is 4.74 Å². The molecule has 98 valence electrons. The van der Waals surface area contributed by atoms with Crippen molar-refractivity contribution in [3.05, 3.63) is 53.6 Å². The van der Waals surface area contributed by atoms with Gasteiger partial charge in [-0.25, -0.2) is 0 Å². The summed E-state index contributed by atoms with van der Waals surface area (Å²) in [7, 11) is 1.56. The van der Waals surface area contributed by atoms with Gasteiger partial charge >= 0.3 is 0 Å². The molecule has 2 aromatic rings. The number of ether oxygens (including phenoxy) is 1. The van der Waals surface area contributed by atoms with Crippen LogP contribution in [0.4, 0.5) is 0 Å². The second-order valence-electron chi connectivity index (χ2n) is 4.15. The Morgan fingerprint density at radius 3 is 2.63 bits per heavy atom. The van der Waals surface area contributed by atoms with Gasteiger partial charge < -0.3 is 14.9 Å². The summed E-state index contributed by atoms with van der Waals surface area (Å²) >= 11 is 0. The summed E-state index contributed by atoms with van der Waals surface area (Å²) in [5.41, 5.74) is 0.998. The molecule has 0 aliphatic carbocycles. The maximum atomic E-state index is 12.1. The van der Waals surface area contributed by atoms with Crippen molar-refractivity contribution < 1.29 is 19.7 Å². The van der Waals surface area contributed by atoms with Crippen molar-refractivity contribution in [2.24, 2.45) is 0 Å². The molecule has 0 bridgehead atoms. The Kier molecular flexibility index (Phi) is 3.71. The van der Waals surface area contributed by atoms with Crippen LogP contribution in [0.1, 0.15) is 15.9 Å². The van der Waals surface area contributed by atoms with Gasteiger partial charge in [-0.3, -0.25) is 4.79 Å². The van der Waals surface area contributed by atoms with Crippen LogP contribution in [0.3, 0.4) is 0 Å². The lowest BCUT2D eigenvalue weighted by molar-refractivity contribution is 0.0990. The highest BCUT2D eigenvalue weighted by Gasteiger charge is 2.12. The van der Waals surface area contributed by atoms with Crippen LogP contribution in [0, 0.1) is 0 Å². The molecule has 0 aliphatic heterocycles. The van der Waals surface area contributed by atoms with E-state index in [2.05, 4.69) is 0 Å². The van der Waals surface area contributed by atoms with Crippen molar-refractivity contribution in [2.75, 3.05) is 7.11 Å². The quantitative estimate of drug-likeness (QED) is 0.827. The number of Topliss-reactive ketones (excluding diaryl/α,β-unsaturated/α-hetero) is 1. The summed E-state index contributed by atoms with van der Waals surface area (Å²) in [6.07, 6.45) is 0.162. The Morgan fingerprint density at radius 1 is 1.16 bits per heavy atom. The van der Waals surface area contributed by atoms with Gasteiger partial charge in [-0.05, 0) is 29.8 Å². The number of phenolic OH excluding ortho intramolecular Hbond substituents is 2. The number of ketones is 1. The average Bonchev–Trinajstić information content (AvgIpc) is 2.38. The highest BCUT2D eigenvalue weighted by molar-refractivity contribution is 6.00. The van der Waals surface area contributed by atoms with E-state index in [0.29, 0.717) is 5.75 Å². The van der Waals surface area contributed by atoms with E-state index in [0.717, 1.165) is 11.6 Å². The van der Waals surface area contributed by atoms with Crippen molar-refractivity contribution in [1.82, 2.24) is 0 Å². The second kappa shape index (κ2) is 5.44. The van der Waals surface area contributed by atoms with Crippen LogP contribution in [0.2, 0.25) is 0 Å². The predicted octanol–water partition coefficient (Wildman–Crippen LogP) is 2.53. The third-order valence-electron chi connectivity index (χ3n) is 2.78. The zero-order valence-corrected chi connectivity index (χ0v) is 10.5. The van der Waals surface area contributed by atoms with Crippen LogP contribution in [-0.2, 0) is 6.42 Å². The molecule has 0 aliphatic rings. The zero-order valence-electron chi connectivity index (χ0n) is 10.5. The smallest absolute Gasteiger partial charge is 0.170 e. The van der Waals surface area contributed by atoms with Crippen LogP contribution in [0.25, 0.3) is 0 Å². The monoisotopic (exact) mass is 258 g/mol. The highest BCUT2D eigenvalue weighted by atomic mass is 16.5. The number of carbonyl (C=O) groups excluding carboxylic acids is 1. The molecule has 0 unspecified atom stereocenters. The first-order chi connectivity index (χ1) is 9.10. The molecule has 2 aromatic carbocycles. The molecule has 0 aromatic heterocycles. The number of rotatable bonds is 4. The third kappa shape index (κ3) is 3.04. The lowest BCUT2D eigenvalue weighted by Gasteiger charge is -2.06. The molecule has 0 spiro atoms. The minimum atomic E-state index is -0.217. The first-order valence-corrected chi connectivity index (χ1v) is 5.78. The van der Waals surface area contributed by atoms with Crippen molar-refractivity contribution in [3.8, 4) is 17.2 Å². The maximum absolute atomic E-state index is 12.1. The van der Waals surface area contributed by atoms with Gasteiger partial charge in [0.1, 0.15) is 17.2 Å². The van der Waals surface area contributed by atoms with Crippen molar-refractivity contribution >= 4 is 5.78 Å². The Labute approximate surface area is 110 Å². The number of hydrogen-bond donors (Lipinski definition) is 2. The number of benzene rings is 2. The van der Waals surface area contributed by atoms with E-state index < -0.39 is 0 Å². The molecule has 4 heteroatoms. The number of aromatic hydroxyl groups is 2. The SMILES string of the molecule is COc1cccc(CC(=O)c2ccc(O)cc2O)c1. The highest BCUT2D eigenvalue weighted by Crippen LogP contribution is 2.24. The second-order valence-corrected chi connectivity index (χ2v) is 4.15. The first-order valence-electron chi connectivity index (χ1n) is 5.78. The summed E-state index contributed by atoms with van der Waals surface area (Å²) in [5, 5.41) is 18.8. The Bertz CT molecular complexity index is 605. The molecule has 0 saturated carbocycles. The lowest BCUT2D eigenvalue weighted by atomic mass is 10.0.